The van der Waals surface area contributed by atoms with E-state index in [0.29, 0.717) is 25.6 Å². The Morgan fingerprint density at radius 2 is 1.81 bits per heavy atom. The molecule has 0 unspecified atom stereocenters. The summed E-state index contributed by atoms with van der Waals surface area (Å²) in [6.07, 6.45) is 3.46. The Labute approximate surface area is 162 Å². The molecule has 27 heavy (non-hydrogen) atoms. The van der Waals surface area contributed by atoms with Crippen LogP contribution in [0.25, 0.3) is 0 Å². The zero-order chi connectivity index (χ0) is 19.2. The summed E-state index contributed by atoms with van der Waals surface area (Å²) >= 11 is 0. The summed E-state index contributed by atoms with van der Waals surface area (Å²) in [6.45, 7) is 9.28. The minimum absolute atomic E-state index is 0.0189. The van der Waals surface area contributed by atoms with Gasteiger partial charge in [-0.15, -0.1) is 0 Å². The van der Waals surface area contributed by atoms with Crippen LogP contribution in [-0.4, -0.2) is 67.0 Å². The third-order valence-electron chi connectivity index (χ3n) is 5.97. The molecule has 2 heterocycles. The number of carbonyl (C=O) groups is 2. The Bertz CT molecular complexity index is 628. The number of carbonyl (C=O) groups excluding carboxylic acids is 2. The van der Waals surface area contributed by atoms with Gasteiger partial charge in [-0.1, -0.05) is 25.1 Å². The molecule has 1 N–H and O–H groups in total. The molecule has 0 radical (unpaired) electrons. The van der Waals surface area contributed by atoms with Gasteiger partial charge in [-0.3, -0.25) is 4.79 Å². The molecule has 2 saturated heterocycles. The van der Waals surface area contributed by atoms with Crippen LogP contribution >= 0.6 is 0 Å². The third kappa shape index (κ3) is 4.80. The number of rotatable bonds is 5. The van der Waals surface area contributed by atoms with Crippen molar-refractivity contribution >= 4 is 17.6 Å². The van der Waals surface area contributed by atoms with Gasteiger partial charge in [0.2, 0.25) is 5.91 Å². The molecule has 0 saturated carbocycles. The SMILES string of the molecule is CCN1CCC(CCNC(=O)N2CCN(c3ccccc3)C(=O)[C@@H]2C)CC1. The number of nitrogens with one attached hydrogen (secondary N) is 1. The van der Waals surface area contributed by atoms with E-state index in [0.717, 1.165) is 18.7 Å². The number of hydrogen-bond acceptors (Lipinski definition) is 3. The number of para-hydroxylation sites is 1. The average molecular weight is 373 g/mol. The molecule has 148 valence electrons. The van der Waals surface area contributed by atoms with Crippen molar-refractivity contribution in [3.63, 3.8) is 0 Å². The van der Waals surface area contributed by atoms with Gasteiger partial charge in [-0.2, -0.15) is 0 Å². The second-order valence-electron chi connectivity index (χ2n) is 7.59. The topological polar surface area (TPSA) is 55.9 Å². The number of urea groups is 1. The van der Waals surface area contributed by atoms with Gasteiger partial charge in [0.05, 0.1) is 0 Å². The molecule has 2 aliphatic rings. The Morgan fingerprint density at radius 3 is 2.48 bits per heavy atom. The van der Waals surface area contributed by atoms with Crippen LogP contribution in [0.15, 0.2) is 30.3 Å². The van der Waals surface area contributed by atoms with Crippen molar-refractivity contribution in [3.05, 3.63) is 30.3 Å². The van der Waals surface area contributed by atoms with E-state index in [2.05, 4.69) is 17.1 Å². The number of piperazine rings is 1. The van der Waals surface area contributed by atoms with E-state index in [9.17, 15) is 9.59 Å². The molecule has 0 spiro atoms. The van der Waals surface area contributed by atoms with Crippen LogP contribution in [0, 0.1) is 5.92 Å². The molecular formula is C21H32N4O2. The summed E-state index contributed by atoms with van der Waals surface area (Å²) in [5.74, 6) is 0.677. The summed E-state index contributed by atoms with van der Waals surface area (Å²) in [4.78, 5) is 31.2. The van der Waals surface area contributed by atoms with Gasteiger partial charge < -0.3 is 20.0 Å². The number of hydrogen-bond donors (Lipinski definition) is 1. The monoisotopic (exact) mass is 372 g/mol. The van der Waals surface area contributed by atoms with E-state index >= 15 is 0 Å². The molecule has 0 bridgehead atoms. The first kappa shape index (κ1) is 19.7. The van der Waals surface area contributed by atoms with E-state index in [1.54, 1.807) is 9.80 Å². The number of benzene rings is 1. The molecule has 1 atom stereocenters. The van der Waals surface area contributed by atoms with Crippen molar-refractivity contribution in [2.75, 3.05) is 44.2 Å². The lowest BCUT2D eigenvalue weighted by Crippen LogP contribution is -2.59. The molecule has 1 aromatic carbocycles. The lowest BCUT2D eigenvalue weighted by Gasteiger charge is -2.39. The largest absolute Gasteiger partial charge is 0.338 e. The maximum absolute atomic E-state index is 12.7. The molecule has 2 fully saturated rings. The fraction of sp³-hybridized carbons (Fsp3) is 0.619. The predicted molar refractivity (Wildman–Crippen MR) is 108 cm³/mol. The number of nitrogens with zero attached hydrogens (tertiary/aromatic N) is 3. The van der Waals surface area contributed by atoms with Crippen LogP contribution in [0.2, 0.25) is 0 Å². The highest BCUT2D eigenvalue weighted by atomic mass is 16.2. The smallest absolute Gasteiger partial charge is 0.318 e. The molecular weight excluding hydrogens is 340 g/mol. The molecule has 0 aromatic heterocycles. The Kier molecular flexibility index (Phi) is 6.72. The summed E-state index contributed by atoms with van der Waals surface area (Å²) in [5.41, 5.74) is 0.896. The average Bonchev–Trinajstić information content (AvgIpc) is 2.71. The van der Waals surface area contributed by atoms with Crippen molar-refractivity contribution in [2.45, 2.75) is 39.2 Å². The highest BCUT2D eigenvalue weighted by molar-refractivity contribution is 5.99. The van der Waals surface area contributed by atoms with Crippen molar-refractivity contribution in [1.29, 1.82) is 0 Å². The molecule has 3 rings (SSSR count). The minimum atomic E-state index is -0.438. The predicted octanol–water partition coefficient (Wildman–Crippen LogP) is 2.56. The highest BCUT2D eigenvalue weighted by Crippen LogP contribution is 2.21. The first-order valence-electron chi connectivity index (χ1n) is 10.2. The summed E-state index contributed by atoms with van der Waals surface area (Å²) < 4.78 is 0. The van der Waals surface area contributed by atoms with Gasteiger partial charge in [0, 0.05) is 25.3 Å². The van der Waals surface area contributed by atoms with Crippen LogP contribution in [0.4, 0.5) is 10.5 Å². The van der Waals surface area contributed by atoms with Crippen molar-refractivity contribution in [3.8, 4) is 0 Å². The number of likely N-dealkylation sites (tertiary alicyclic amines) is 1. The van der Waals surface area contributed by atoms with E-state index in [1.165, 1.54) is 25.9 Å². The Balaban J connectivity index is 1.45. The lowest BCUT2D eigenvalue weighted by molar-refractivity contribution is -0.124. The first-order chi connectivity index (χ1) is 13.1. The van der Waals surface area contributed by atoms with Gasteiger partial charge in [0.1, 0.15) is 6.04 Å². The second-order valence-corrected chi connectivity index (χ2v) is 7.59. The van der Waals surface area contributed by atoms with Gasteiger partial charge in [-0.05, 0) is 63.9 Å². The van der Waals surface area contributed by atoms with Gasteiger partial charge in [0.15, 0.2) is 0 Å². The maximum Gasteiger partial charge on any atom is 0.318 e. The van der Waals surface area contributed by atoms with Gasteiger partial charge in [0.25, 0.3) is 0 Å². The van der Waals surface area contributed by atoms with Crippen molar-refractivity contribution in [2.24, 2.45) is 5.92 Å². The van der Waals surface area contributed by atoms with E-state index in [1.807, 2.05) is 37.3 Å². The fourth-order valence-corrected chi connectivity index (χ4v) is 4.09. The standard InChI is InChI=1S/C21H32N4O2/c1-3-23-13-10-18(11-14-23)9-12-22-21(27)24-15-16-25(20(26)17(24)2)19-7-5-4-6-8-19/h4-8,17-18H,3,9-16H2,1-2H3,(H,22,27)/t17-/m0/s1. The lowest BCUT2D eigenvalue weighted by atomic mass is 9.93. The maximum atomic E-state index is 12.7. The Morgan fingerprint density at radius 1 is 1.11 bits per heavy atom. The minimum Gasteiger partial charge on any atom is -0.338 e. The third-order valence-corrected chi connectivity index (χ3v) is 5.97. The van der Waals surface area contributed by atoms with Gasteiger partial charge >= 0.3 is 6.03 Å². The molecule has 2 aliphatic heterocycles. The summed E-state index contributed by atoms with van der Waals surface area (Å²) in [7, 11) is 0. The zero-order valence-electron chi connectivity index (χ0n) is 16.6. The van der Waals surface area contributed by atoms with Crippen LogP contribution in [-0.2, 0) is 4.79 Å². The quantitative estimate of drug-likeness (QED) is 0.864. The van der Waals surface area contributed by atoms with Crippen LogP contribution < -0.4 is 10.2 Å². The fourth-order valence-electron chi connectivity index (χ4n) is 4.09. The van der Waals surface area contributed by atoms with E-state index < -0.39 is 6.04 Å². The number of anilines is 1. The van der Waals surface area contributed by atoms with Crippen LogP contribution in [0.1, 0.15) is 33.1 Å². The Hall–Kier alpha value is -2.08. The normalized spacial score (nSPS) is 22.1. The summed E-state index contributed by atoms with van der Waals surface area (Å²) in [6, 6.07) is 9.11. The molecule has 0 aliphatic carbocycles. The molecule has 6 heteroatoms. The van der Waals surface area contributed by atoms with Crippen molar-refractivity contribution in [1.82, 2.24) is 15.1 Å². The van der Waals surface area contributed by atoms with E-state index in [4.69, 9.17) is 0 Å². The molecule has 1 aromatic rings. The first-order valence-corrected chi connectivity index (χ1v) is 10.2. The van der Waals surface area contributed by atoms with Crippen LogP contribution in [0.5, 0.6) is 0 Å². The molecule has 3 amide bonds. The number of amides is 3. The molecule has 6 nitrogen and oxygen atoms in total. The zero-order valence-corrected chi connectivity index (χ0v) is 16.6. The van der Waals surface area contributed by atoms with E-state index in [-0.39, 0.29) is 11.9 Å². The number of piperidine rings is 1. The second kappa shape index (κ2) is 9.22. The highest BCUT2D eigenvalue weighted by Gasteiger charge is 2.34. The summed E-state index contributed by atoms with van der Waals surface area (Å²) in [5, 5.41) is 3.03. The van der Waals surface area contributed by atoms with Crippen molar-refractivity contribution < 1.29 is 9.59 Å². The van der Waals surface area contributed by atoms with Crippen LogP contribution in [0.3, 0.4) is 0 Å². The van der Waals surface area contributed by atoms with Gasteiger partial charge in [-0.25, -0.2) is 4.79 Å².